The van der Waals surface area contributed by atoms with Crippen molar-refractivity contribution in [3.8, 4) is 5.75 Å². The number of hydrazone groups is 1. The van der Waals surface area contributed by atoms with Gasteiger partial charge in [-0.2, -0.15) is 10.0 Å². The number of amidine groups is 3. The molecule has 2 aromatic rings. The average molecular weight is 496 g/mol. The minimum Gasteiger partial charge on any atom is -0.423 e. The molecule has 3 aliphatic heterocycles. The Kier molecular flexibility index (Phi) is 6.18. The van der Waals surface area contributed by atoms with Crippen LogP contribution in [0.2, 0.25) is 5.02 Å². The number of hydrogen-bond donors (Lipinski definition) is 1. The van der Waals surface area contributed by atoms with Gasteiger partial charge in [-0.05, 0) is 59.8 Å². The van der Waals surface area contributed by atoms with Crippen LogP contribution in [0.25, 0.3) is 6.08 Å². The second kappa shape index (κ2) is 9.41. The van der Waals surface area contributed by atoms with E-state index in [9.17, 15) is 9.59 Å². The number of amides is 1. The zero-order valence-corrected chi connectivity index (χ0v) is 19.3. The molecule has 34 heavy (non-hydrogen) atoms. The number of hydrogen-bond acceptors (Lipinski definition) is 8. The SMILES string of the molecule is N=C1/C(=C\c2ccc(OC(=O)c3ccc(Cl)cc3)cc2)C(=O)N=C2SC(N3CCOCC3)=NN12. The van der Waals surface area contributed by atoms with Crippen LogP contribution >= 0.6 is 23.4 Å². The summed E-state index contributed by atoms with van der Waals surface area (Å²) in [6, 6.07) is 13.0. The molecule has 0 spiro atoms. The van der Waals surface area contributed by atoms with Gasteiger partial charge < -0.3 is 14.4 Å². The van der Waals surface area contributed by atoms with Crippen LogP contribution in [0.5, 0.6) is 5.75 Å². The van der Waals surface area contributed by atoms with E-state index in [2.05, 4.69) is 15.0 Å². The van der Waals surface area contributed by atoms with Crippen molar-refractivity contribution in [1.29, 1.82) is 5.41 Å². The summed E-state index contributed by atoms with van der Waals surface area (Å²) >= 11 is 7.12. The first-order valence-corrected chi connectivity index (χ1v) is 11.6. The van der Waals surface area contributed by atoms with Crippen LogP contribution in [0.1, 0.15) is 15.9 Å². The van der Waals surface area contributed by atoms with Crippen LogP contribution in [-0.2, 0) is 9.53 Å². The van der Waals surface area contributed by atoms with Gasteiger partial charge in [0, 0.05) is 18.1 Å². The van der Waals surface area contributed by atoms with E-state index < -0.39 is 11.9 Å². The van der Waals surface area contributed by atoms with Gasteiger partial charge in [-0.25, -0.2) is 4.79 Å². The van der Waals surface area contributed by atoms with Gasteiger partial charge in [-0.3, -0.25) is 10.2 Å². The smallest absolute Gasteiger partial charge is 0.343 e. The lowest BCUT2D eigenvalue weighted by molar-refractivity contribution is -0.114. The monoisotopic (exact) mass is 495 g/mol. The van der Waals surface area contributed by atoms with Gasteiger partial charge in [0.2, 0.25) is 5.17 Å². The summed E-state index contributed by atoms with van der Waals surface area (Å²) in [5, 5.41) is 16.0. The summed E-state index contributed by atoms with van der Waals surface area (Å²) in [5.74, 6) is -0.693. The van der Waals surface area contributed by atoms with Gasteiger partial charge in [-0.15, -0.1) is 5.10 Å². The summed E-state index contributed by atoms with van der Waals surface area (Å²) in [4.78, 5) is 31.1. The van der Waals surface area contributed by atoms with Crippen LogP contribution in [0, 0.1) is 5.41 Å². The first-order valence-electron chi connectivity index (χ1n) is 10.4. The zero-order chi connectivity index (χ0) is 23.7. The van der Waals surface area contributed by atoms with E-state index in [0.29, 0.717) is 58.5 Å². The average Bonchev–Trinajstić information content (AvgIpc) is 3.28. The lowest BCUT2D eigenvalue weighted by Crippen LogP contribution is -2.39. The number of carbonyl (C=O) groups excluding carboxylic acids is 2. The Labute approximate surface area is 204 Å². The summed E-state index contributed by atoms with van der Waals surface area (Å²) in [5.41, 5.74) is 1.16. The molecule has 11 heteroatoms. The van der Waals surface area contributed by atoms with Crippen molar-refractivity contribution in [3.05, 3.63) is 70.3 Å². The van der Waals surface area contributed by atoms with Gasteiger partial charge in [0.15, 0.2) is 11.0 Å². The molecule has 1 amide bonds. The molecular formula is C23H18ClN5O4S. The maximum absolute atomic E-state index is 12.6. The number of rotatable bonds is 3. The number of thioether (sulfide) groups is 1. The highest BCUT2D eigenvalue weighted by Gasteiger charge is 2.37. The number of ether oxygens (including phenoxy) is 2. The maximum atomic E-state index is 12.6. The molecule has 0 bridgehead atoms. The van der Waals surface area contributed by atoms with Crippen molar-refractivity contribution >= 4 is 57.5 Å². The predicted molar refractivity (Wildman–Crippen MR) is 130 cm³/mol. The van der Waals surface area contributed by atoms with Crippen molar-refractivity contribution in [1.82, 2.24) is 9.91 Å². The van der Waals surface area contributed by atoms with Gasteiger partial charge in [-0.1, -0.05) is 23.7 Å². The Morgan fingerprint density at radius 1 is 1.09 bits per heavy atom. The summed E-state index contributed by atoms with van der Waals surface area (Å²) in [6.07, 6.45) is 1.57. The minimum atomic E-state index is -0.505. The number of halogens is 1. The Balaban J connectivity index is 1.30. The number of morpholine rings is 1. The van der Waals surface area contributed by atoms with Crippen molar-refractivity contribution in [2.75, 3.05) is 26.3 Å². The molecule has 0 aromatic heterocycles. The van der Waals surface area contributed by atoms with Crippen LogP contribution in [0.15, 0.2) is 64.2 Å². The number of esters is 1. The van der Waals surface area contributed by atoms with Crippen molar-refractivity contribution in [2.45, 2.75) is 0 Å². The summed E-state index contributed by atoms with van der Waals surface area (Å²) < 4.78 is 10.7. The standard InChI is InChI=1S/C23H18ClN5O4S/c24-16-5-3-15(4-6-16)21(31)33-17-7-1-14(2-8-17)13-18-19(25)29-22(26-20(18)30)34-23(27-29)28-9-11-32-12-10-28/h1-8,13,25H,9-12H2/b18-13+,25-19?. The molecule has 0 aliphatic carbocycles. The van der Waals surface area contributed by atoms with E-state index in [4.69, 9.17) is 26.5 Å². The first kappa shape index (κ1) is 22.3. The third-order valence-electron chi connectivity index (χ3n) is 5.21. The Morgan fingerprint density at radius 2 is 1.79 bits per heavy atom. The fourth-order valence-corrected chi connectivity index (χ4v) is 4.49. The quantitative estimate of drug-likeness (QED) is 0.394. The second-order valence-corrected chi connectivity index (χ2v) is 8.84. The lowest BCUT2D eigenvalue weighted by atomic mass is 10.1. The fourth-order valence-electron chi connectivity index (χ4n) is 3.42. The number of nitrogens with zero attached hydrogens (tertiary/aromatic N) is 4. The zero-order valence-electron chi connectivity index (χ0n) is 17.7. The number of carbonyl (C=O) groups is 2. The molecule has 2 aromatic carbocycles. The van der Waals surface area contributed by atoms with Gasteiger partial charge in [0.1, 0.15) is 5.75 Å². The third-order valence-corrected chi connectivity index (χ3v) is 6.43. The summed E-state index contributed by atoms with van der Waals surface area (Å²) in [6.45, 7) is 2.62. The van der Waals surface area contributed by atoms with E-state index in [-0.39, 0.29) is 11.4 Å². The van der Waals surface area contributed by atoms with Crippen molar-refractivity contribution < 1.29 is 19.1 Å². The molecule has 0 unspecified atom stereocenters. The molecule has 1 saturated heterocycles. The predicted octanol–water partition coefficient (Wildman–Crippen LogP) is 3.47. The number of benzene rings is 2. The second-order valence-electron chi connectivity index (χ2n) is 7.47. The Morgan fingerprint density at radius 3 is 2.50 bits per heavy atom. The molecule has 0 saturated carbocycles. The maximum Gasteiger partial charge on any atom is 0.343 e. The molecule has 172 valence electrons. The van der Waals surface area contributed by atoms with Crippen LogP contribution in [0.3, 0.4) is 0 Å². The van der Waals surface area contributed by atoms with Crippen LogP contribution in [0.4, 0.5) is 0 Å². The van der Waals surface area contributed by atoms with Crippen molar-refractivity contribution in [2.24, 2.45) is 10.1 Å². The third kappa shape index (κ3) is 4.60. The number of fused-ring (bicyclic) bond motifs is 1. The Hall–Kier alpha value is -3.47. The molecule has 1 N–H and O–H groups in total. The highest BCUT2D eigenvalue weighted by atomic mass is 35.5. The fraction of sp³-hybridized carbons (Fsp3) is 0.174. The van der Waals surface area contributed by atoms with E-state index in [1.807, 2.05) is 0 Å². The van der Waals surface area contributed by atoms with E-state index in [1.54, 1.807) is 54.6 Å². The van der Waals surface area contributed by atoms with Crippen LogP contribution < -0.4 is 4.74 Å². The number of aliphatic imine (C=N–C) groups is 1. The van der Waals surface area contributed by atoms with E-state index in [1.165, 1.54) is 16.8 Å². The first-order chi connectivity index (χ1) is 16.5. The van der Waals surface area contributed by atoms with E-state index in [0.717, 1.165) is 0 Å². The summed E-state index contributed by atoms with van der Waals surface area (Å²) in [7, 11) is 0. The van der Waals surface area contributed by atoms with Crippen molar-refractivity contribution in [3.63, 3.8) is 0 Å². The van der Waals surface area contributed by atoms with Gasteiger partial charge >= 0.3 is 5.97 Å². The molecule has 3 aliphatic rings. The van der Waals surface area contributed by atoms with E-state index >= 15 is 0 Å². The molecular weight excluding hydrogens is 478 g/mol. The topological polar surface area (TPSA) is 108 Å². The van der Waals surface area contributed by atoms with Gasteiger partial charge in [0.05, 0.1) is 24.4 Å². The lowest BCUT2D eigenvalue weighted by Gasteiger charge is -2.26. The molecule has 1 fully saturated rings. The van der Waals surface area contributed by atoms with Gasteiger partial charge in [0.25, 0.3) is 5.91 Å². The Bertz CT molecular complexity index is 1250. The minimum absolute atomic E-state index is 0.0380. The molecule has 0 radical (unpaired) electrons. The molecule has 3 heterocycles. The normalized spacial score (nSPS) is 19.1. The highest BCUT2D eigenvalue weighted by Crippen LogP contribution is 2.30. The highest BCUT2D eigenvalue weighted by molar-refractivity contribution is 8.26. The molecule has 9 nitrogen and oxygen atoms in total. The molecule has 5 rings (SSSR count). The van der Waals surface area contributed by atoms with Crippen LogP contribution in [-0.4, -0.2) is 64.3 Å². The number of nitrogens with one attached hydrogen (secondary N) is 1. The largest absolute Gasteiger partial charge is 0.423 e. The molecule has 0 atom stereocenters.